The molecular formula is C12H20N4O2. The molecule has 6 heteroatoms. The SMILES string of the molecule is Cc1nn(C)cc1CNC(=O)CC1COCCN1. The van der Waals surface area contributed by atoms with Gasteiger partial charge in [0.1, 0.15) is 0 Å². The second-order valence-corrected chi connectivity index (χ2v) is 4.62. The van der Waals surface area contributed by atoms with Gasteiger partial charge in [0, 0.05) is 44.4 Å². The van der Waals surface area contributed by atoms with Crippen molar-refractivity contribution < 1.29 is 9.53 Å². The number of nitrogens with zero attached hydrogens (tertiary/aromatic N) is 2. The van der Waals surface area contributed by atoms with Crippen molar-refractivity contribution in [2.45, 2.75) is 25.9 Å². The monoisotopic (exact) mass is 252 g/mol. The first-order chi connectivity index (χ1) is 8.65. The number of aryl methyl sites for hydroxylation is 2. The highest BCUT2D eigenvalue weighted by Crippen LogP contribution is 2.04. The van der Waals surface area contributed by atoms with Gasteiger partial charge in [0.15, 0.2) is 0 Å². The molecule has 1 atom stereocenters. The van der Waals surface area contributed by atoms with Crippen LogP contribution in [0.25, 0.3) is 0 Å². The number of nitrogens with one attached hydrogen (secondary N) is 2. The third-order valence-electron chi connectivity index (χ3n) is 3.02. The van der Waals surface area contributed by atoms with Crippen molar-refractivity contribution in [1.29, 1.82) is 0 Å². The highest BCUT2D eigenvalue weighted by atomic mass is 16.5. The summed E-state index contributed by atoms with van der Waals surface area (Å²) in [4.78, 5) is 11.8. The Morgan fingerprint density at radius 3 is 3.17 bits per heavy atom. The van der Waals surface area contributed by atoms with Crippen LogP contribution >= 0.6 is 0 Å². The molecule has 0 spiro atoms. The molecule has 18 heavy (non-hydrogen) atoms. The average molecular weight is 252 g/mol. The number of aromatic nitrogens is 2. The van der Waals surface area contributed by atoms with Crippen LogP contribution in [0.3, 0.4) is 0 Å². The lowest BCUT2D eigenvalue weighted by atomic mass is 10.2. The standard InChI is InChI=1S/C12H20N4O2/c1-9-10(7-16(2)15-9)6-14-12(17)5-11-8-18-4-3-13-11/h7,11,13H,3-6,8H2,1-2H3,(H,14,17). The number of morpholine rings is 1. The summed E-state index contributed by atoms with van der Waals surface area (Å²) >= 11 is 0. The van der Waals surface area contributed by atoms with Gasteiger partial charge in [-0.15, -0.1) is 0 Å². The minimum Gasteiger partial charge on any atom is -0.378 e. The summed E-state index contributed by atoms with van der Waals surface area (Å²) in [6, 6.07) is 0.133. The topological polar surface area (TPSA) is 68.2 Å². The van der Waals surface area contributed by atoms with E-state index in [9.17, 15) is 4.79 Å². The minimum atomic E-state index is 0.0428. The van der Waals surface area contributed by atoms with Crippen molar-refractivity contribution in [2.75, 3.05) is 19.8 Å². The van der Waals surface area contributed by atoms with Crippen molar-refractivity contribution >= 4 is 5.91 Å². The van der Waals surface area contributed by atoms with Gasteiger partial charge in [-0.3, -0.25) is 9.48 Å². The Hall–Kier alpha value is -1.40. The van der Waals surface area contributed by atoms with Crippen LogP contribution in [0.1, 0.15) is 17.7 Å². The maximum absolute atomic E-state index is 11.8. The quantitative estimate of drug-likeness (QED) is 0.773. The zero-order chi connectivity index (χ0) is 13.0. The van der Waals surface area contributed by atoms with E-state index in [0.717, 1.165) is 24.4 Å². The molecule has 1 aromatic heterocycles. The Labute approximate surface area is 107 Å². The summed E-state index contributed by atoms with van der Waals surface area (Å²) in [7, 11) is 1.88. The van der Waals surface area contributed by atoms with E-state index < -0.39 is 0 Å². The molecule has 2 N–H and O–H groups in total. The molecule has 0 saturated carbocycles. The maximum Gasteiger partial charge on any atom is 0.221 e. The first-order valence-electron chi connectivity index (χ1n) is 6.22. The Morgan fingerprint density at radius 1 is 1.72 bits per heavy atom. The van der Waals surface area contributed by atoms with Crippen LogP contribution in [-0.2, 0) is 23.1 Å². The van der Waals surface area contributed by atoms with E-state index in [1.165, 1.54) is 0 Å². The van der Waals surface area contributed by atoms with E-state index in [0.29, 0.717) is 19.6 Å². The molecule has 1 aliphatic heterocycles. The van der Waals surface area contributed by atoms with Gasteiger partial charge in [-0.25, -0.2) is 0 Å². The molecule has 1 aliphatic rings. The second kappa shape index (κ2) is 5.97. The highest BCUT2D eigenvalue weighted by molar-refractivity contribution is 5.76. The average Bonchev–Trinajstić information content (AvgIpc) is 2.66. The number of rotatable bonds is 4. The van der Waals surface area contributed by atoms with Crippen LogP contribution in [0, 0.1) is 6.92 Å². The lowest BCUT2D eigenvalue weighted by molar-refractivity contribution is -0.122. The zero-order valence-electron chi connectivity index (χ0n) is 10.9. The number of hydrogen-bond acceptors (Lipinski definition) is 4. The predicted octanol–water partition coefficient (Wildman–Crippen LogP) is -0.277. The van der Waals surface area contributed by atoms with Crippen molar-refractivity contribution in [3.05, 3.63) is 17.5 Å². The van der Waals surface area contributed by atoms with Gasteiger partial charge in [0.2, 0.25) is 5.91 Å². The van der Waals surface area contributed by atoms with Gasteiger partial charge < -0.3 is 15.4 Å². The molecule has 100 valence electrons. The number of hydrogen-bond donors (Lipinski definition) is 2. The molecule has 0 radical (unpaired) electrons. The van der Waals surface area contributed by atoms with Crippen molar-refractivity contribution in [2.24, 2.45) is 7.05 Å². The van der Waals surface area contributed by atoms with E-state index in [2.05, 4.69) is 15.7 Å². The molecule has 1 amide bonds. The Kier molecular flexibility index (Phi) is 4.33. The van der Waals surface area contributed by atoms with Crippen LogP contribution < -0.4 is 10.6 Å². The predicted molar refractivity (Wildman–Crippen MR) is 67.0 cm³/mol. The number of carbonyl (C=O) groups is 1. The first-order valence-corrected chi connectivity index (χ1v) is 6.22. The summed E-state index contributed by atoms with van der Waals surface area (Å²) in [5, 5.41) is 10.4. The van der Waals surface area contributed by atoms with Gasteiger partial charge in [-0.1, -0.05) is 0 Å². The molecule has 2 heterocycles. The third-order valence-corrected chi connectivity index (χ3v) is 3.02. The normalized spacial score (nSPS) is 19.8. The molecule has 0 aromatic carbocycles. The Morgan fingerprint density at radius 2 is 2.56 bits per heavy atom. The lowest BCUT2D eigenvalue weighted by Crippen LogP contribution is -2.44. The summed E-state index contributed by atoms with van der Waals surface area (Å²) < 4.78 is 7.07. The van der Waals surface area contributed by atoms with Gasteiger partial charge >= 0.3 is 0 Å². The van der Waals surface area contributed by atoms with Gasteiger partial charge in [-0.2, -0.15) is 5.10 Å². The van der Waals surface area contributed by atoms with E-state index in [-0.39, 0.29) is 11.9 Å². The second-order valence-electron chi connectivity index (χ2n) is 4.62. The van der Waals surface area contributed by atoms with E-state index in [1.807, 2.05) is 20.2 Å². The van der Waals surface area contributed by atoms with E-state index in [1.54, 1.807) is 4.68 Å². The smallest absolute Gasteiger partial charge is 0.221 e. The van der Waals surface area contributed by atoms with Gasteiger partial charge in [-0.05, 0) is 6.92 Å². The molecule has 6 nitrogen and oxygen atoms in total. The molecule has 1 aromatic rings. The Balaban J connectivity index is 1.75. The van der Waals surface area contributed by atoms with Crippen LogP contribution in [-0.4, -0.2) is 41.5 Å². The summed E-state index contributed by atoms with van der Waals surface area (Å²) in [6.07, 6.45) is 2.39. The molecule has 1 saturated heterocycles. The third kappa shape index (κ3) is 3.54. The van der Waals surface area contributed by atoms with E-state index >= 15 is 0 Å². The first kappa shape index (κ1) is 13.0. The van der Waals surface area contributed by atoms with Crippen molar-refractivity contribution in [3.8, 4) is 0 Å². The van der Waals surface area contributed by atoms with Crippen molar-refractivity contribution in [1.82, 2.24) is 20.4 Å². The minimum absolute atomic E-state index is 0.0428. The Bertz CT molecular complexity index is 410. The fourth-order valence-corrected chi connectivity index (χ4v) is 2.06. The largest absolute Gasteiger partial charge is 0.378 e. The summed E-state index contributed by atoms with van der Waals surface area (Å²) in [6.45, 7) is 4.64. The van der Waals surface area contributed by atoms with Crippen molar-refractivity contribution in [3.63, 3.8) is 0 Å². The number of carbonyl (C=O) groups excluding carboxylic acids is 1. The number of ether oxygens (including phenoxy) is 1. The zero-order valence-corrected chi connectivity index (χ0v) is 10.9. The molecular weight excluding hydrogens is 232 g/mol. The highest BCUT2D eigenvalue weighted by Gasteiger charge is 2.16. The summed E-state index contributed by atoms with van der Waals surface area (Å²) in [5.41, 5.74) is 2.01. The molecule has 0 aliphatic carbocycles. The maximum atomic E-state index is 11.8. The molecule has 0 bridgehead atoms. The summed E-state index contributed by atoms with van der Waals surface area (Å²) in [5.74, 6) is 0.0428. The van der Waals surface area contributed by atoms with Crippen LogP contribution in [0.2, 0.25) is 0 Å². The fourth-order valence-electron chi connectivity index (χ4n) is 2.06. The molecule has 2 rings (SSSR count). The van der Waals surface area contributed by atoms with Gasteiger partial charge in [0.25, 0.3) is 0 Å². The van der Waals surface area contributed by atoms with Crippen LogP contribution in [0.5, 0.6) is 0 Å². The van der Waals surface area contributed by atoms with E-state index in [4.69, 9.17) is 4.74 Å². The number of amides is 1. The molecule has 1 fully saturated rings. The van der Waals surface area contributed by atoms with Crippen LogP contribution in [0.4, 0.5) is 0 Å². The fraction of sp³-hybridized carbons (Fsp3) is 0.667. The van der Waals surface area contributed by atoms with Gasteiger partial charge in [0.05, 0.1) is 18.9 Å². The van der Waals surface area contributed by atoms with Crippen LogP contribution in [0.15, 0.2) is 6.20 Å². The molecule has 1 unspecified atom stereocenters. The lowest BCUT2D eigenvalue weighted by Gasteiger charge is -2.23.